The number of rotatable bonds is 10. The van der Waals surface area contributed by atoms with Crippen molar-refractivity contribution >= 4 is 0 Å². The molecule has 0 amide bonds. The van der Waals surface area contributed by atoms with Crippen molar-refractivity contribution in [3.63, 3.8) is 0 Å². The molecule has 8 nitrogen and oxygen atoms in total. The summed E-state index contributed by atoms with van der Waals surface area (Å²) in [6.45, 7) is 7.79. The summed E-state index contributed by atoms with van der Waals surface area (Å²) in [7, 11) is 0. The van der Waals surface area contributed by atoms with E-state index in [0.717, 1.165) is 69.5 Å². The van der Waals surface area contributed by atoms with Crippen LogP contribution in [0.1, 0.15) is 87.5 Å². The average Bonchev–Trinajstić information content (AvgIpc) is 3.06. The molecule has 7 rings (SSSR count). The molecule has 0 aromatic heterocycles. The van der Waals surface area contributed by atoms with Crippen LogP contribution in [0.5, 0.6) is 23.0 Å². The molecule has 0 bridgehead atoms. The molecule has 4 aliphatic rings. The monoisotopic (exact) mass is 665 g/mol. The van der Waals surface area contributed by atoms with E-state index < -0.39 is 41.3 Å². The zero-order chi connectivity index (χ0) is 33.3. The molecule has 3 aromatic rings. The Morgan fingerprint density at radius 3 is 2.08 bits per heavy atom. The van der Waals surface area contributed by atoms with Crippen molar-refractivity contribution in [2.24, 2.45) is 0 Å². The fourth-order valence-corrected chi connectivity index (χ4v) is 7.31. The highest BCUT2D eigenvalue weighted by atomic mass is 19.1. The van der Waals surface area contributed by atoms with Crippen LogP contribution in [0.4, 0.5) is 8.78 Å². The Bertz CT molecular complexity index is 1530. The first-order valence-corrected chi connectivity index (χ1v) is 17.4. The Balaban J connectivity index is 1.20. The van der Waals surface area contributed by atoms with E-state index in [0.29, 0.717) is 36.7 Å². The number of ether oxygens (including phenoxy) is 6. The second kappa shape index (κ2) is 14.2. The Morgan fingerprint density at radius 2 is 1.46 bits per heavy atom. The molecule has 48 heavy (non-hydrogen) atoms. The van der Waals surface area contributed by atoms with Gasteiger partial charge in [0, 0.05) is 37.6 Å². The van der Waals surface area contributed by atoms with Gasteiger partial charge in [0.25, 0.3) is 0 Å². The highest BCUT2D eigenvalue weighted by molar-refractivity contribution is 5.50. The molecule has 3 aromatic carbocycles. The summed E-state index contributed by atoms with van der Waals surface area (Å²) < 4.78 is 67.2. The second-order valence-electron chi connectivity index (χ2n) is 13.5. The average molecular weight is 666 g/mol. The number of nitrogens with zero attached hydrogens (tertiary/aromatic N) is 1. The van der Waals surface area contributed by atoms with Crippen molar-refractivity contribution in [3.8, 4) is 23.0 Å². The first-order chi connectivity index (χ1) is 23.3. The first-order valence-electron chi connectivity index (χ1n) is 17.4. The maximum atomic E-state index is 15.7. The van der Waals surface area contributed by atoms with Crippen molar-refractivity contribution in [3.05, 3.63) is 82.9 Å². The Morgan fingerprint density at radius 1 is 0.812 bits per heavy atom. The van der Waals surface area contributed by atoms with Crippen LogP contribution >= 0.6 is 0 Å². The highest BCUT2D eigenvalue weighted by Crippen LogP contribution is 2.54. The Hall–Kier alpha value is -3.44. The van der Waals surface area contributed by atoms with Crippen molar-refractivity contribution in [2.75, 3.05) is 32.8 Å². The fraction of sp³-hybridized carbons (Fsp3) is 0.526. The van der Waals surface area contributed by atoms with E-state index in [-0.39, 0.29) is 18.0 Å². The number of hydrogen-bond acceptors (Lipinski definition) is 8. The second-order valence-corrected chi connectivity index (χ2v) is 13.5. The Kier molecular flexibility index (Phi) is 9.78. The third-order valence-corrected chi connectivity index (χ3v) is 9.81. The summed E-state index contributed by atoms with van der Waals surface area (Å²) in [5.74, 6) is -1.39. The molecule has 5 unspecified atom stereocenters. The van der Waals surface area contributed by atoms with Gasteiger partial charge in [-0.05, 0) is 93.1 Å². The molecular formula is C38H45F2NO7. The van der Waals surface area contributed by atoms with Crippen LogP contribution in [0.3, 0.4) is 0 Å². The number of benzene rings is 3. The normalized spacial score (nSPS) is 27.8. The summed E-state index contributed by atoms with van der Waals surface area (Å²) in [5.41, 5.74) is -0.142. The largest absolute Gasteiger partial charge is 0.488 e. The lowest BCUT2D eigenvalue weighted by Gasteiger charge is -2.44. The van der Waals surface area contributed by atoms with Gasteiger partial charge < -0.3 is 33.5 Å². The van der Waals surface area contributed by atoms with Gasteiger partial charge >= 0.3 is 0 Å². The molecule has 0 spiro atoms. The van der Waals surface area contributed by atoms with Gasteiger partial charge in [-0.3, -0.25) is 4.90 Å². The summed E-state index contributed by atoms with van der Waals surface area (Å²) >= 11 is 0. The van der Waals surface area contributed by atoms with Crippen LogP contribution in [0.25, 0.3) is 0 Å². The van der Waals surface area contributed by atoms with Gasteiger partial charge in [-0.15, -0.1) is 0 Å². The van der Waals surface area contributed by atoms with Gasteiger partial charge in [0.2, 0.25) is 0 Å². The maximum Gasteiger partial charge on any atom is 0.200 e. The predicted molar refractivity (Wildman–Crippen MR) is 175 cm³/mol. The molecule has 4 aliphatic heterocycles. The van der Waals surface area contributed by atoms with E-state index in [2.05, 4.69) is 11.8 Å². The zero-order valence-electron chi connectivity index (χ0n) is 27.7. The van der Waals surface area contributed by atoms with Gasteiger partial charge in [-0.25, -0.2) is 8.78 Å². The number of aliphatic hydroxyl groups is 1. The predicted octanol–water partition coefficient (Wildman–Crippen LogP) is 7.37. The van der Waals surface area contributed by atoms with E-state index in [9.17, 15) is 5.11 Å². The lowest BCUT2D eigenvalue weighted by molar-refractivity contribution is -0.108. The molecule has 0 aliphatic carbocycles. The lowest BCUT2D eigenvalue weighted by atomic mass is 9.71. The number of hydrogen-bond donors (Lipinski definition) is 1. The molecule has 258 valence electrons. The van der Waals surface area contributed by atoms with Crippen LogP contribution in [0.15, 0.2) is 54.6 Å². The van der Waals surface area contributed by atoms with Crippen molar-refractivity contribution in [1.29, 1.82) is 0 Å². The third kappa shape index (κ3) is 6.99. The molecule has 0 saturated carbocycles. The number of likely N-dealkylation sites (tertiary alicyclic amines) is 1. The SMILES string of the molecule is CCCN1CC(Oc2ccc(C3Oc4cc(OC5CCCCO5)ccc4C(C)(O)C3c3cc(F)c(OC4CCCCO4)c(F)c3)cc2)C1. The van der Waals surface area contributed by atoms with Crippen molar-refractivity contribution in [2.45, 2.75) is 95.1 Å². The molecular weight excluding hydrogens is 620 g/mol. The maximum absolute atomic E-state index is 15.7. The van der Waals surface area contributed by atoms with Crippen LogP contribution in [0.2, 0.25) is 0 Å². The van der Waals surface area contributed by atoms with Crippen molar-refractivity contribution < 1.29 is 42.3 Å². The molecule has 3 saturated heterocycles. The third-order valence-electron chi connectivity index (χ3n) is 9.81. The first kappa shape index (κ1) is 33.1. The van der Waals surface area contributed by atoms with Crippen LogP contribution < -0.4 is 18.9 Å². The summed E-state index contributed by atoms with van der Waals surface area (Å²) in [6, 6.07) is 15.3. The van der Waals surface area contributed by atoms with Crippen LogP contribution in [-0.2, 0) is 15.1 Å². The molecule has 4 heterocycles. The summed E-state index contributed by atoms with van der Waals surface area (Å²) in [4.78, 5) is 2.36. The van der Waals surface area contributed by atoms with Gasteiger partial charge in [-0.1, -0.05) is 19.1 Å². The van der Waals surface area contributed by atoms with Gasteiger partial charge in [0.1, 0.15) is 35.1 Å². The lowest BCUT2D eigenvalue weighted by Crippen LogP contribution is -2.53. The van der Waals surface area contributed by atoms with Gasteiger partial charge in [0.15, 0.2) is 30.0 Å². The van der Waals surface area contributed by atoms with Crippen molar-refractivity contribution in [1.82, 2.24) is 4.90 Å². The van der Waals surface area contributed by atoms with E-state index in [1.165, 1.54) is 12.1 Å². The quantitative estimate of drug-likeness (QED) is 0.241. The van der Waals surface area contributed by atoms with Gasteiger partial charge in [0.05, 0.1) is 19.1 Å². The van der Waals surface area contributed by atoms with E-state index in [1.807, 2.05) is 24.3 Å². The van der Waals surface area contributed by atoms with E-state index in [1.54, 1.807) is 25.1 Å². The molecule has 5 atom stereocenters. The number of fused-ring (bicyclic) bond motifs is 1. The minimum absolute atomic E-state index is 0.131. The van der Waals surface area contributed by atoms with E-state index >= 15 is 8.78 Å². The minimum atomic E-state index is -1.59. The minimum Gasteiger partial charge on any atom is -0.488 e. The standard InChI is InChI=1S/C38H45F2NO7/c1-3-16-41-22-28(23-41)45-26-12-10-24(11-13-26)36-35(25-19-30(39)37(31(40)20-25)48-34-9-5-7-18-44-34)38(2,42)29-15-14-27(21-32(29)47-36)46-33-8-4-6-17-43-33/h10-15,19-21,28,33-36,42H,3-9,16-18,22-23H2,1-2H3. The van der Waals surface area contributed by atoms with Gasteiger partial charge in [-0.2, -0.15) is 0 Å². The topological polar surface area (TPSA) is 78.9 Å². The van der Waals surface area contributed by atoms with E-state index in [4.69, 9.17) is 28.4 Å². The molecule has 0 radical (unpaired) electrons. The van der Waals surface area contributed by atoms with Crippen LogP contribution in [0, 0.1) is 11.6 Å². The molecule has 10 heteroatoms. The molecule has 1 N–H and O–H groups in total. The summed E-state index contributed by atoms with van der Waals surface area (Å²) in [6.07, 6.45) is 4.48. The Labute approximate surface area is 280 Å². The fourth-order valence-electron chi connectivity index (χ4n) is 7.31. The van der Waals surface area contributed by atoms with Crippen LogP contribution in [-0.4, -0.2) is 61.5 Å². The number of halogens is 2. The zero-order valence-corrected chi connectivity index (χ0v) is 27.7. The highest BCUT2D eigenvalue weighted by Gasteiger charge is 2.48. The smallest absolute Gasteiger partial charge is 0.200 e. The summed E-state index contributed by atoms with van der Waals surface area (Å²) in [5, 5.41) is 12.3. The molecule has 3 fully saturated rings.